The van der Waals surface area contributed by atoms with Crippen LogP contribution in [0.5, 0.6) is 0 Å². The molecule has 0 bridgehead atoms. The molecule has 2 heterocycles. The SMILES string of the molecule is Cc1cnc(B2OC(C)(C)C(C)(C)O2)cc1C(C)N. The summed E-state index contributed by atoms with van der Waals surface area (Å²) in [6.45, 7) is 12.1. The molecule has 0 radical (unpaired) electrons. The Hall–Kier alpha value is -0.905. The number of hydrogen-bond acceptors (Lipinski definition) is 4. The van der Waals surface area contributed by atoms with E-state index in [-0.39, 0.29) is 17.2 Å². The van der Waals surface area contributed by atoms with Gasteiger partial charge in [-0.05, 0) is 58.7 Å². The summed E-state index contributed by atoms with van der Waals surface area (Å²) in [5, 5.41) is 0. The molecule has 1 fully saturated rings. The van der Waals surface area contributed by atoms with Crippen LogP contribution < -0.4 is 11.3 Å². The van der Waals surface area contributed by atoms with E-state index in [4.69, 9.17) is 15.0 Å². The summed E-state index contributed by atoms with van der Waals surface area (Å²) >= 11 is 0. The summed E-state index contributed by atoms with van der Waals surface area (Å²) in [6, 6.07) is 1.96. The lowest BCUT2D eigenvalue weighted by Crippen LogP contribution is -2.41. The van der Waals surface area contributed by atoms with Gasteiger partial charge in [0.2, 0.25) is 0 Å². The van der Waals surface area contributed by atoms with Crippen LogP contribution in [0.15, 0.2) is 12.3 Å². The Labute approximate surface area is 115 Å². The standard InChI is InChI=1S/C14H23BN2O2/c1-9-8-17-12(7-11(9)10(2)16)15-18-13(3,4)14(5,6)19-15/h7-8,10H,16H2,1-6H3. The number of nitrogens with two attached hydrogens (primary N) is 1. The lowest BCUT2D eigenvalue weighted by molar-refractivity contribution is 0.00578. The molecule has 5 heteroatoms. The number of rotatable bonds is 2. The minimum atomic E-state index is -0.428. The van der Waals surface area contributed by atoms with Crippen molar-refractivity contribution in [3.63, 3.8) is 0 Å². The maximum atomic E-state index is 6.00. The molecule has 4 nitrogen and oxygen atoms in total. The monoisotopic (exact) mass is 262 g/mol. The average molecular weight is 262 g/mol. The van der Waals surface area contributed by atoms with E-state index in [1.54, 1.807) is 0 Å². The van der Waals surface area contributed by atoms with Crippen molar-refractivity contribution in [2.45, 2.75) is 58.8 Å². The predicted octanol–water partition coefficient (Wildman–Crippen LogP) is 1.71. The Kier molecular flexibility index (Phi) is 3.50. The van der Waals surface area contributed by atoms with Gasteiger partial charge in [-0.25, -0.2) is 0 Å². The first-order valence-electron chi connectivity index (χ1n) is 6.72. The van der Waals surface area contributed by atoms with Gasteiger partial charge in [-0.3, -0.25) is 4.98 Å². The third-order valence-corrected chi connectivity index (χ3v) is 4.15. The fraction of sp³-hybridized carbons (Fsp3) is 0.643. The summed E-state index contributed by atoms with van der Waals surface area (Å²) in [5.74, 6) is 0. The van der Waals surface area contributed by atoms with Crippen LogP contribution >= 0.6 is 0 Å². The molecule has 1 saturated heterocycles. The van der Waals surface area contributed by atoms with Gasteiger partial charge in [-0.1, -0.05) is 0 Å². The van der Waals surface area contributed by atoms with Crippen molar-refractivity contribution in [2.75, 3.05) is 0 Å². The first kappa shape index (κ1) is 14.5. The molecular weight excluding hydrogens is 239 g/mol. The normalized spacial score (nSPS) is 22.6. The third-order valence-electron chi connectivity index (χ3n) is 4.15. The van der Waals surface area contributed by atoms with E-state index >= 15 is 0 Å². The number of aryl methyl sites for hydroxylation is 1. The summed E-state index contributed by atoms with van der Waals surface area (Å²) in [4.78, 5) is 4.43. The molecule has 0 saturated carbocycles. The second-order valence-electron chi connectivity index (χ2n) is 6.34. The number of nitrogens with zero attached hydrogens (tertiary/aromatic N) is 1. The van der Waals surface area contributed by atoms with Crippen LogP contribution in [0, 0.1) is 6.92 Å². The molecule has 1 unspecified atom stereocenters. The van der Waals surface area contributed by atoms with Crippen molar-refractivity contribution < 1.29 is 9.31 Å². The van der Waals surface area contributed by atoms with Crippen LogP contribution in [0.2, 0.25) is 0 Å². The van der Waals surface area contributed by atoms with E-state index in [1.807, 2.05) is 53.8 Å². The maximum Gasteiger partial charge on any atom is 0.514 e. The third kappa shape index (κ3) is 2.55. The minimum Gasteiger partial charge on any atom is -0.398 e. The van der Waals surface area contributed by atoms with Gasteiger partial charge in [-0.2, -0.15) is 0 Å². The molecule has 0 spiro atoms. The topological polar surface area (TPSA) is 57.4 Å². The lowest BCUT2D eigenvalue weighted by Gasteiger charge is -2.32. The lowest BCUT2D eigenvalue weighted by atomic mass is 9.82. The van der Waals surface area contributed by atoms with Crippen molar-refractivity contribution in [1.29, 1.82) is 0 Å². The van der Waals surface area contributed by atoms with Gasteiger partial charge in [0.1, 0.15) is 0 Å². The molecule has 0 aromatic carbocycles. The summed E-state index contributed by atoms with van der Waals surface area (Å²) < 4.78 is 12.0. The summed E-state index contributed by atoms with van der Waals surface area (Å²) in [7, 11) is -0.428. The second-order valence-corrected chi connectivity index (χ2v) is 6.34. The predicted molar refractivity (Wildman–Crippen MR) is 77.3 cm³/mol. The molecule has 0 aliphatic carbocycles. The number of hydrogen-bond donors (Lipinski definition) is 1. The molecule has 19 heavy (non-hydrogen) atoms. The second kappa shape index (κ2) is 4.58. The van der Waals surface area contributed by atoms with Crippen molar-refractivity contribution >= 4 is 12.7 Å². The Bertz CT molecular complexity index is 470. The van der Waals surface area contributed by atoms with Crippen LogP contribution in [-0.4, -0.2) is 23.3 Å². The summed E-state index contributed by atoms with van der Waals surface area (Å²) in [5.41, 5.74) is 8.25. The van der Waals surface area contributed by atoms with Gasteiger partial charge in [0.05, 0.1) is 16.8 Å². The van der Waals surface area contributed by atoms with Crippen LogP contribution in [0.1, 0.15) is 51.8 Å². The van der Waals surface area contributed by atoms with Crippen LogP contribution in [0.4, 0.5) is 0 Å². The van der Waals surface area contributed by atoms with Gasteiger partial charge in [0.15, 0.2) is 0 Å². The quantitative estimate of drug-likeness (QED) is 0.824. The highest BCUT2D eigenvalue weighted by atomic mass is 16.7. The first-order valence-corrected chi connectivity index (χ1v) is 6.72. The van der Waals surface area contributed by atoms with Crippen molar-refractivity contribution in [1.82, 2.24) is 4.98 Å². The molecule has 2 rings (SSSR count). The first-order chi connectivity index (χ1) is 8.64. The van der Waals surface area contributed by atoms with Gasteiger partial charge in [0, 0.05) is 12.2 Å². The minimum absolute atomic E-state index is 0.0239. The van der Waals surface area contributed by atoms with Gasteiger partial charge >= 0.3 is 7.12 Å². The zero-order valence-electron chi connectivity index (χ0n) is 12.7. The highest BCUT2D eigenvalue weighted by Crippen LogP contribution is 2.36. The Morgan fingerprint density at radius 3 is 2.21 bits per heavy atom. The summed E-state index contributed by atoms with van der Waals surface area (Å²) in [6.07, 6.45) is 1.83. The molecule has 1 aliphatic rings. The van der Waals surface area contributed by atoms with Crippen LogP contribution in [0.3, 0.4) is 0 Å². The maximum absolute atomic E-state index is 6.00. The molecular formula is C14H23BN2O2. The molecule has 104 valence electrons. The smallest absolute Gasteiger partial charge is 0.398 e. The van der Waals surface area contributed by atoms with Gasteiger partial charge in [-0.15, -0.1) is 0 Å². The number of aromatic nitrogens is 1. The Morgan fingerprint density at radius 2 is 1.74 bits per heavy atom. The van der Waals surface area contributed by atoms with Crippen molar-refractivity contribution in [2.24, 2.45) is 5.73 Å². The molecule has 2 N–H and O–H groups in total. The van der Waals surface area contributed by atoms with E-state index in [9.17, 15) is 0 Å². The van der Waals surface area contributed by atoms with Gasteiger partial charge in [0.25, 0.3) is 0 Å². The molecule has 1 aromatic heterocycles. The zero-order chi connectivity index (χ0) is 14.4. The largest absolute Gasteiger partial charge is 0.514 e. The molecule has 0 amide bonds. The Morgan fingerprint density at radius 1 is 1.21 bits per heavy atom. The van der Waals surface area contributed by atoms with E-state index < -0.39 is 7.12 Å². The zero-order valence-corrected chi connectivity index (χ0v) is 12.7. The fourth-order valence-corrected chi connectivity index (χ4v) is 2.14. The van der Waals surface area contributed by atoms with Crippen LogP contribution in [-0.2, 0) is 9.31 Å². The van der Waals surface area contributed by atoms with E-state index in [0.29, 0.717) is 0 Å². The molecule has 1 aliphatic heterocycles. The average Bonchev–Trinajstić information content (AvgIpc) is 2.48. The van der Waals surface area contributed by atoms with Crippen molar-refractivity contribution in [3.05, 3.63) is 23.4 Å². The highest BCUT2D eigenvalue weighted by molar-refractivity contribution is 6.61. The van der Waals surface area contributed by atoms with E-state index in [0.717, 1.165) is 16.7 Å². The fourth-order valence-electron chi connectivity index (χ4n) is 2.14. The van der Waals surface area contributed by atoms with Crippen LogP contribution in [0.25, 0.3) is 0 Å². The molecule has 1 atom stereocenters. The number of pyridine rings is 1. The van der Waals surface area contributed by atoms with Gasteiger partial charge < -0.3 is 15.0 Å². The highest BCUT2D eigenvalue weighted by Gasteiger charge is 2.52. The van der Waals surface area contributed by atoms with E-state index in [2.05, 4.69) is 4.98 Å². The van der Waals surface area contributed by atoms with E-state index in [1.165, 1.54) is 0 Å². The Balaban J connectivity index is 2.32. The molecule has 1 aromatic rings. The van der Waals surface area contributed by atoms with Crippen molar-refractivity contribution in [3.8, 4) is 0 Å².